The minimum Gasteiger partial charge on any atom is -0.329 e. The number of hydrogen-bond donors (Lipinski definition) is 1. The lowest BCUT2D eigenvalue weighted by atomic mass is 9.97. The van der Waals surface area contributed by atoms with Gasteiger partial charge in [0.25, 0.3) is 5.91 Å². The van der Waals surface area contributed by atoms with Crippen LogP contribution in [0, 0.1) is 13.8 Å². The lowest BCUT2D eigenvalue weighted by Gasteiger charge is -2.35. The maximum Gasteiger partial charge on any atom is 0.274 e. The van der Waals surface area contributed by atoms with Crippen LogP contribution in [0.3, 0.4) is 0 Å². The van der Waals surface area contributed by atoms with E-state index in [0.29, 0.717) is 5.69 Å². The van der Waals surface area contributed by atoms with E-state index in [0.717, 1.165) is 48.4 Å². The van der Waals surface area contributed by atoms with Crippen molar-refractivity contribution in [3.05, 3.63) is 53.2 Å². The first-order chi connectivity index (χ1) is 11.6. The van der Waals surface area contributed by atoms with Gasteiger partial charge in [0.15, 0.2) is 0 Å². The molecule has 0 radical (unpaired) electrons. The van der Waals surface area contributed by atoms with E-state index in [-0.39, 0.29) is 11.9 Å². The summed E-state index contributed by atoms with van der Waals surface area (Å²) in [6, 6.07) is 5.96. The lowest BCUT2D eigenvalue weighted by molar-refractivity contribution is 0.0600. The fraction of sp³-hybridized carbons (Fsp3) is 0.389. The Morgan fingerprint density at radius 2 is 2.17 bits per heavy atom. The number of H-pyrrole nitrogens is 1. The number of pyridine rings is 1. The number of carbonyl (C=O) groups excluding carboxylic acids is 1. The maximum absolute atomic E-state index is 13.1. The third-order valence-electron chi connectivity index (χ3n) is 4.88. The van der Waals surface area contributed by atoms with E-state index in [1.54, 1.807) is 0 Å². The second-order valence-corrected chi connectivity index (χ2v) is 6.50. The van der Waals surface area contributed by atoms with E-state index in [1.807, 2.05) is 53.7 Å². The van der Waals surface area contributed by atoms with Crippen LogP contribution >= 0.6 is 0 Å². The predicted molar refractivity (Wildman–Crippen MR) is 90.9 cm³/mol. The molecule has 3 aromatic heterocycles. The highest BCUT2D eigenvalue weighted by Crippen LogP contribution is 2.32. The van der Waals surface area contributed by atoms with Crippen LogP contribution < -0.4 is 0 Å². The Labute approximate surface area is 140 Å². The van der Waals surface area contributed by atoms with Crippen LogP contribution in [-0.4, -0.2) is 36.9 Å². The van der Waals surface area contributed by atoms with Gasteiger partial charge in [-0.25, -0.2) is 4.98 Å². The number of imidazole rings is 1. The van der Waals surface area contributed by atoms with Crippen LogP contribution in [0.1, 0.15) is 52.7 Å². The van der Waals surface area contributed by atoms with Crippen LogP contribution in [0.4, 0.5) is 0 Å². The van der Waals surface area contributed by atoms with Gasteiger partial charge in [0.1, 0.15) is 11.3 Å². The van der Waals surface area contributed by atoms with Gasteiger partial charge in [0, 0.05) is 18.4 Å². The smallest absolute Gasteiger partial charge is 0.274 e. The van der Waals surface area contributed by atoms with Gasteiger partial charge in [-0.1, -0.05) is 6.07 Å². The number of carbonyl (C=O) groups is 1. The standard InChI is InChI=1S/C18H21N5O/c1-12-10-19-21-17(12)15-7-3-4-9-22(15)18(24)14-11-23-13(2)6-5-8-16(23)20-14/h5-6,8,10-11,15H,3-4,7,9H2,1-2H3,(H,19,21). The number of rotatable bonds is 2. The summed E-state index contributed by atoms with van der Waals surface area (Å²) in [5.41, 5.74) is 4.53. The van der Waals surface area contributed by atoms with Gasteiger partial charge in [-0.2, -0.15) is 5.10 Å². The van der Waals surface area contributed by atoms with Crippen LogP contribution in [0.5, 0.6) is 0 Å². The third kappa shape index (κ3) is 2.38. The van der Waals surface area contributed by atoms with Crippen molar-refractivity contribution >= 4 is 11.6 Å². The molecule has 0 saturated carbocycles. The molecule has 1 aliphatic heterocycles. The molecule has 1 amide bonds. The number of hydrogen-bond acceptors (Lipinski definition) is 3. The lowest BCUT2D eigenvalue weighted by Crippen LogP contribution is -2.39. The maximum atomic E-state index is 13.1. The molecule has 4 rings (SSSR count). The normalized spacial score (nSPS) is 18.2. The molecule has 6 heteroatoms. The third-order valence-corrected chi connectivity index (χ3v) is 4.88. The van der Waals surface area contributed by atoms with E-state index >= 15 is 0 Å². The Balaban J connectivity index is 1.70. The van der Waals surface area contributed by atoms with E-state index < -0.39 is 0 Å². The van der Waals surface area contributed by atoms with Crippen LogP contribution in [0.25, 0.3) is 5.65 Å². The van der Waals surface area contributed by atoms with Crippen LogP contribution in [0.2, 0.25) is 0 Å². The zero-order valence-electron chi connectivity index (χ0n) is 14.0. The summed E-state index contributed by atoms with van der Waals surface area (Å²) in [6.45, 7) is 4.81. The molecule has 24 heavy (non-hydrogen) atoms. The average Bonchev–Trinajstić information content (AvgIpc) is 3.21. The number of likely N-dealkylation sites (tertiary alicyclic amines) is 1. The number of aryl methyl sites for hydroxylation is 2. The first-order valence-electron chi connectivity index (χ1n) is 8.40. The van der Waals surface area contributed by atoms with Crippen molar-refractivity contribution in [3.8, 4) is 0 Å². The SMILES string of the molecule is Cc1cn[nH]c1C1CCCCN1C(=O)c1cn2c(C)cccc2n1. The minimum absolute atomic E-state index is 0.00296. The first-order valence-corrected chi connectivity index (χ1v) is 8.40. The summed E-state index contributed by atoms with van der Waals surface area (Å²) in [5, 5.41) is 7.20. The van der Waals surface area contributed by atoms with Crippen LogP contribution in [-0.2, 0) is 0 Å². The van der Waals surface area contributed by atoms with E-state index in [9.17, 15) is 4.79 Å². The number of fused-ring (bicyclic) bond motifs is 1. The van der Waals surface area contributed by atoms with Crippen molar-refractivity contribution in [1.82, 2.24) is 24.5 Å². The molecule has 3 aromatic rings. The highest BCUT2D eigenvalue weighted by atomic mass is 16.2. The average molecular weight is 323 g/mol. The predicted octanol–water partition coefficient (Wildman–Crippen LogP) is 3.04. The van der Waals surface area contributed by atoms with Gasteiger partial charge in [-0.3, -0.25) is 9.89 Å². The number of nitrogens with one attached hydrogen (secondary N) is 1. The second kappa shape index (κ2) is 5.78. The molecule has 124 valence electrons. The molecular formula is C18H21N5O. The molecule has 1 atom stereocenters. The number of aromatic amines is 1. The topological polar surface area (TPSA) is 66.3 Å². The second-order valence-electron chi connectivity index (χ2n) is 6.50. The summed E-state index contributed by atoms with van der Waals surface area (Å²) >= 11 is 0. The molecule has 0 spiro atoms. The molecule has 1 unspecified atom stereocenters. The molecule has 0 aromatic carbocycles. The largest absolute Gasteiger partial charge is 0.329 e. The van der Waals surface area contributed by atoms with Crippen molar-refractivity contribution < 1.29 is 4.79 Å². The molecule has 1 fully saturated rings. The molecule has 0 aliphatic carbocycles. The summed E-state index contributed by atoms with van der Waals surface area (Å²) in [5.74, 6) is -0.00296. The molecule has 4 heterocycles. The van der Waals surface area contributed by atoms with Gasteiger partial charge in [-0.05, 0) is 50.8 Å². The van der Waals surface area contributed by atoms with Crippen molar-refractivity contribution in [3.63, 3.8) is 0 Å². The molecule has 0 bridgehead atoms. The highest BCUT2D eigenvalue weighted by molar-refractivity contribution is 5.93. The molecular weight excluding hydrogens is 302 g/mol. The van der Waals surface area contributed by atoms with Crippen molar-refractivity contribution in [2.45, 2.75) is 39.2 Å². The molecule has 1 aliphatic rings. The monoisotopic (exact) mass is 323 g/mol. The summed E-state index contributed by atoms with van der Waals surface area (Å²) in [6.07, 6.45) is 6.78. The Hall–Kier alpha value is -2.63. The van der Waals surface area contributed by atoms with Gasteiger partial charge >= 0.3 is 0 Å². The minimum atomic E-state index is -0.00296. The Bertz CT molecular complexity index is 894. The Morgan fingerprint density at radius 1 is 1.29 bits per heavy atom. The summed E-state index contributed by atoms with van der Waals surface area (Å²) in [7, 11) is 0. The van der Waals surface area contributed by atoms with E-state index in [4.69, 9.17) is 0 Å². The Kier molecular flexibility index (Phi) is 3.59. The zero-order chi connectivity index (χ0) is 16.7. The Morgan fingerprint density at radius 3 is 2.92 bits per heavy atom. The van der Waals surface area contributed by atoms with E-state index in [2.05, 4.69) is 15.2 Å². The van der Waals surface area contributed by atoms with Crippen molar-refractivity contribution in [1.29, 1.82) is 0 Å². The van der Waals surface area contributed by atoms with Crippen molar-refractivity contribution in [2.75, 3.05) is 6.54 Å². The van der Waals surface area contributed by atoms with Gasteiger partial charge in [0.2, 0.25) is 0 Å². The number of amides is 1. The zero-order valence-corrected chi connectivity index (χ0v) is 14.0. The van der Waals surface area contributed by atoms with Gasteiger partial charge < -0.3 is 9.30 Å². The molecule has 1 saturated heterocycles. The van der Waals surface area contributed by atoms with Crippen LogP contribution in [0.15, 0.2) is 30.6 Å². The number of nitrogens with zero attached hydrogens (tertiary/aromatic N) is 4. The van der Waals surface area contributed by atoms with Gasteiger partial charge in [-0.15, -0.1) is 0 Å². The molecule has 1 N–H and O–H groups in total. The summed E-state index contributed by atoms with van der Waals surface area (Å²) < 4.78 is 1.97. The first kappa shape index (κ1) is 14.9. The van der Waals surface area contributed by atoms with E-state index in [1.165, 1.54) is 0 Å². The fourth-order valence-electron chi connectivity index (χ4n) is 3.57. The molecule has 6 nitrogen and oxygen atoms in total. The fourth-order valence-corrected chi connectivity index (χ4v) is 3.57. The summed E-state index contributed by atoms with van der Waals surface area (Å²) in [4.78, 5) is 19.6. The number of aromatic nitrogens is 4. The quantitative estimate of drug-likeness (QED) is 0.788. The van der Waals surface area contributed by atoms with Gasteiger partial charge in [0.05, 0.1) is 17.9 Å². The highest BCUT2D eigenvalue weighted by Gasteiger charge is 2.31. The number of piperidine rings is 1. The van der Waals surface area contributed by atoms with Crippen molar-refractivity contribution in [2.24, 2.45) is 0 Å².